The first-order valence-electron chi connectivity index (χ1n) is 5.38. The third-order valence-corrected chi connectivity index (χ3v) is 2.27. The maximum Gasteiger partial charge on any atom is 0.255 e. The van der Waals surface area contributed by atoms with Crippen LogP contribution >= 0.6 is 0 Å². The van der Waals surface area contributed by atoms with Crippen LogP contribution in [0.25, 0.3) is 0 Å². The van der Waals surface area contributed by atoms with Crippen LogP contribution in [-0.2, 0) is 0 Å². The van der Waals surface area contributed by atoms with E-state index in [4.69, 9.17) is 5.11 Å². The number of hydrogen-bond donors (Lipinski definition) is 1. The summed E-state index contributed by atoms with van der Waals surface area (Å²) >= 11 is 0. The second-order valence-electron chi connectivity index (χ2n) is 3.73. The molecular formula is C13H12F3NO2. The summed E-state index contributed by atoms with van der Waals surface area (Å²) in [6.07, 6.45) is -2.65. The number of carbonyl (C=O) groups excluding carboxylic acids is 1. The van der Waals surface area contributed by atoms with Crippen LogP contribution in [-0.4, -0.2) is 42.5 Å². The lowest BCUT2D eigenvalue weighted by molar-refractivity contribution is 0.0620. The van der Waals surface area contributed by atoms with Gasteiger partial charge < -0.3 is 10.0 Å². The van der Waals surface area contributed by atoms with Crippen molar-refractivity contribution >= 4 is 5.91 Å². The van der Waals surface area contributed by atoms with Crippen molar-refractivity contribution in [2.75, 3.05) is 20.2 Å². The van der Waals surface area contributed by atoms with Gasteiger partial charge in [0, 0.05) is 12.6 Å². The maximum atomic E-state index is 13.1. The van der Waals surface area contributed by atoms with Gasteiger partial charge in [-0.15, -0.1) is 0 Å². The monoisotopic (exact) mass is 271 g/mol. The molecule has 0 atom stereocenters. The summed E-state index contributed by atoms with van der Waals surface area (Å²) in [5.74, 6) is 3.42. The number of nitrogens with zero attached hydrogens (tertiary/aromatic N) is 1. The van der Waals surface area contributed by atoms with E-state index in [-0.39, 0.29) is 11.1 Å². The molecule has 3 nitrogen and oxygen atoms in total. The van der Waals surface area contributed by atoms with Crippen molar-refractivity contribution in [3.8, 4) is 11.8 Å². The van der Waals surface area contributed by atoms with Crippen LogP contribution in [0.2, 0.25) is 0 Å². The number of hydrogen-bond acceptors (Lipinski definition) is 2. The lowest BCUT2D eigenvalue weighted by Gasteiger charge is -2.17. The van der Waals surface area contributed by atoms with Gasteiger partial charge in [0.05, 0.1) is 12.1 Å². The Morgan fingerprint density at radius 2 is 2.16 bits per heavy atom. The summed E-state index contributed by atoms with van der Waals surface area (Å²) in [6.45, 7) is -1.17. The molecule has 0 bridgehead atoms. The van der Waals surface area contributed by atoms with Crippen molar-refractivity contribution < 1.29 is 23.1 Å². The summed E-state index contributed by atoms with van der Waals surface area (Å²) in [5.41, 5.74) is 0.0747. The lowest BCUT2D eigenvalue weighted by Crippen LogP contribution is -2.31. The Morgan fingerprint density at radius 1 is 1.47 bits per heavy atom. The van der Waals surface area contributed by atoms with Gasteiger partial charge in [0.15, 0.2) is 0 Å². The van der Waals surface area contributed by atoms with Gasteiger partial charge in [0.25, 0.3) is 12.3 Å². The maximum absolute atomic E-state index is 13.1. The molecule has 0 aromatic heterocycles. The second kappa shape index (κ2) is 6.81. The molecule has 6 heteroatoms. The summed E-state index contributed by atoms with van der Waals surface area (Å²) in [6, 6.07) is 3.25. The van der Waals surface area contributed by atoms with Crippen molar-refractivity contribution in [2.24, 2.45) is 0 Å². The van der Waals surface area contributed by atoms with Gasteiger partial charge >= 0.3 is 0 Å². The van der Waals surface area contributed by atoms with Crippen LogP contribution in [0.1, 0.15) is 15.9 Å². The molecule has 0 aliphatic carbocycles. The fourth-order valence-electron chi connectivity index (χ4n) is 1.44. The molecule has 0 saturated carbocycles. The van der Waals surface area contributed by atoms with E-state index >= 15 is 0 Å². The van der Waals surface area contributed by atoms with E-state index in [0.29, 0.717) is 0 Å². The first kappa shape index (κ1) is 15.1. The van der Waals surface area contributed by atoms with Crippen LogP contribution in [0.15, 0.2) is 18.2 Å². The average Bonchev–Trinajstić information content (AvgIpc) is 2.34. The molecule has 0 aliphatic heterocycles. The highest BCUT2D eigenvalue weighted by molar-refractivity contribution is 5.96. The molecule has 0 saturated heterocycles. The Labute approximate surface area is 108 Å². The molecule has 0 spiro atoms. The van der Waals surface area contributed by atoms with Gasteiger partial charge in [0.1, 0.15) is 12.4 Å². The van der Waals surface area contributed by atoms with E-state index in [0.717, 1.165) is 17.0 Å². The lowest BCUT2D eigenvalue weighted by atomic mass is 10.1. The van der Waals surface area contributed by atoms with Gasteiger partial charge in [-0.25, -0.2) is 13.2 Å². The quantitative estimate of drug-likeness (QED) is 0.846. The zero-order valence-electron chi connectivity index (χ0n) is 10.2. The SMILES string of the molecule is CN(CC(F)F)C(=O)c1ccc(F)cc1C#CCO. The molecule has 0 aliphatic rings. The zero-order chi connectivity index (χ0) is 14.4. The second-order valence-corrected chi connectivity index (χ2v) is 3.73. The van der Waals surface area contributed by atoms with E-state index < -0.39 is 31.3 Å². The summed E-state index contributed by atoms with van der Waals surface area (Å²) < 4.78 is 37.5. The minimum absolute atomic E-state index is 0.0190. The largest absolute Gasteiger partial charge is 0.384 e. The molecule has 1 aromatic carbocycles. The average molecular weight is 271 g/mol. The summed E-state index contributed by atoms with van der Waals surface area (Å²) in [4.78, 5) is 12.8. The molecule has 0 unspecified atom stereocenters. The highest BCUT2D eigenvalue weighted by atomic mass is 19.3. The molecule has 1 rings (SSSR count). The molecule has 1 N–H and O–H groups in total. The number of carbonyl (C=O) groups is 1. The van der Waals surface area contributed by atoms with Gasteiger partial charge in [-0.05, 0) is 18.2 Å². The minimum atomic E-state index is -2.65. The van der Waals surface area contributed by atoms with E-state index in [1.807, 2.05) is 0 Å². The first-order valence-corrected chi connectivity index (χ1v) is 5.38. The summed E-state index contributed by atoms with van der Waals surface area (Å²) in [7, 11) is 1.22. The standard InChI is InChI=1S/C13H12F3NO2/c1-17(8-12(15)16)13(19)11-5-4-10(14)7-9(11)3-2-6-18/h4-5,7,12,18H,6,8H2,1H3. The third-order valence-electron chi connectivity index (χ3n) is 2.27. The predicted molar refractivity (Wildman–Crippen MR) is 63.3 cm³/mol. The van der Waals surface area contributed by atoms with Crippen LogP contribution in [0.3, 0.4) is 0 Å². The molecule has 19 heavy (non-hydrogen) atoms. The zero-order valence-corrected chi connectivity index (χ0v) is 10.2. The molecule has 102 valence electrons. The predicted octanol–water partition coefficient (Wildman–Crippen LogP) is 1.51. The van der Waals surface area contributed by atoms with E-state index in [9.17, 15) is 18.0 Å². The van der Waals surface area contributed by atoms with Gasteiger partial charge in [0.2, 0.25) is 0 Å². The van der Waals surface area contributed by atoms with Crippen molar-refractivity contribution in [1.82, 2.24) is 4.90 Å². The van der Waals surface area contributed by atoms with Crippen molar-refractivity contribution in [3.63, 3.8) is 0 Å². The molecular weight excluding hydrogens is 259 g/mol. The van der Waals surface area contributed by atoms with Crippen molar-refractivity contribution in [1.29, 1.82) is 0 Å². The van der Waals surface area contributed by atoms with Crippen LogP contribution in [0.4, 0.5) is 13.2 Å². The Balaban J connectivity index is 3.08. The Bertz CT molecular complexity index is 520. The number of benzene rings is 1. The fourth-order valence-corrected chi connectivity index (χ4v) is 1.44. The van der Waals surface area contributed by atoms with Gasteiger partial charge in [-0.2, -0.15) is 0 Å². The van der Waals surface area contributed by atoms with E-state index in [1.165, 1.54) is 13.1 Å². The minimum Gasteiger partial charge on any atom is -0.384 e. The van der Waals surface area contributed by atoms with E-state index in [2.05, 4.69) is 11.8 Å². The number of aliphatic hydroxyl groups is 1. The molecule has 0 heterocycles. The number of rotatable bonds is 3. The Hall–Kier alpha value is -2.00. The van der Waals surface area contributed by atoms with Crippen molar-refractivity contribution in [3.05, 3.63) is 35.1 Å². The van der Waals surface area contributed by atoms with Crippen LogP contribution in [0, 0.1) is 17.7 Å². The van der Waals surface area contributed by atoms with Gasteiger partial charge in [-0.3, -0.25) is 4.79 Å². The van der Waals surface area contributed by atoms with Crippen LogP contribution in [0.5, 0.6) is 0 Å². The van der Waals surface area contributed by atoms with E-state index in [1.54, 1.807) is 0 Å². The highest BCUT2D eigenvalue weighted by Crippen LogP contribution is 2.13. The van der Waals surface area contributed by atoms with Crippen molar-refractivity contribution in [2.45, 2.75) is 6.43 Å². The number of aliphatic hydroxyl groups excluding tert-OH is 1. The fraction of sp³-hybridized carbons (Fsp3) is 0.308. The molecule has 0 fully saturated rings. The molecule has 1 aromatic rings. The Morgan fingerprint density at radius 3 is 2.74 bits per heavy atom. The molecule has 0 radical (unpaired) electrons. The highest BCUT2D eigenvalue weighted by Gasteiger charge is 2.18. The smallest absolute Gasteiger partial charge is 0.255 e. The number of amides is 1. The first-order chi connectivity index (χ1) is 8.95. The Kier molecular flexibility index (Phi) is 5.39. The number of alkyl halides is 2. The topological polar surface area (TPSA) is 40.5 Å². The van der Waals surface area contributed by atoms with Gasteiger partial charge in [-0.1, -0.05) is 11.8 Å². The number of halogens is 3. The third kappa shape index (κ3) is 4.30. The molecule has 1 amide bonds. The summed E-state index contributed by atoms with van der Waals surface area (Å²) in [5, 5.41) is 8.59. The normalized spacial score (nSPS) is 10.0. The van der Waals surface area contributed by atoms with Crippen LogP contribution < -0.4 is 0 Å².